The summed E-state index contributed by atoms with van der Waals surface area (Å²) in [5, 5.41) is 47.7. The monoisotopic (exact) mass is 1340 g/mol. The lowest BCUT2D eigenvalue weighted by Crippen LogP contribution is -2.56. The third-order valence-corrected chi connectivity index (χ3v) is 19.1. The molecule has 0 radical (unpaired) electrons. The van der Waals surface area contributed by atoms with E-state index < -0.39 is 205 Å². The fourth-order valence-electron chi connectivity index (χ4n) is 10.7. The molecule has 1 aliphatic carbocycles. The number of Topliss-reactive ketones (excluding diaryl/α,β-unsaturated/α-hetero) is 4. The van der Waals surface area contributed by atoms with E-state index in [2.05, 4.69) is 31.9 Å². The maximum absolute atomic E-state index is 14.5. The molecule has 2 fully saturated rings. The zero-order valence-corrected chi connectivity index (χ0v) is 55.9. The molecule has 1 aromatic carbocycles. The van der Waals surface area contributed by atoms with E-state index in [1.165, 1.54) is 13.8 Å². The molecule has 0 unspecified atom stereocenters. The first-order valence-electron chi connectivity index (χ1n) is 32.0. The van der Waals surface area contributed by atoms with Crippen LogP contribution in [0, 0.1) is 53.3 Å². The van der Waals surface area contributed by atoms with E-state index in [1.54, 1.807) is 59.8 Å². The molecule has 1 aliphatic heterocycles. The number of hydrogen-bond donors (Lipinski definition) is 10. The molecule has 1 aromatic heterocycles. The maximum Gasteiger partial charge on any atom is 0.490 e. The Kier molecular flexibility index (Phi) is 31.9. The Hall–Kier alpha value is -7.20. The summed E-state index contributed by atoms with van der Waals surface area (Å²) in [6.07, 6.45) is -5.92. The molecule has 0 bridgehead atoms. The topological polar surface area (TPSA) is 390 Å². The average Bonchev–Trinajstić information content (AvgIpc) is 1.63. The number of aliphatic hydroxyl groups is 2. The lowest BCUT2D eigenvalue weighted by molar-refractivity contribution is -0.192. The van der Waals surface area contributed by atoms with Crippen LogP contribution in [-0.4, -0.2) is 153 Å². The van der Waals surface area contributed by atoms with Crippen molar-refractivity contribution in [1.82, 2.24) is 31.9 Å². The molecule has 2 heterocycles. The first-order chi connectivity index (χ1) is 43.6. The smallest absolute Gasteiger partial charge is 0.475 e. The van der Waals surface area contributed by atoms with Crippen molar-refractivity contribution in [3.63, 3.8) is 0 Å². The number of carboxylic acids is 1. The Morgan fingerprint density at radius 2 is 1.25 bits per heavy atom. The van der Waals surface area contributed by atoms with Gasteiger partial charge in [0.1, 0.15) is 23.7 Å². The minimum Gasteiger partial charge on any atom is -0.475 e. The summed E-state index contributed by atoms with van der Waals surface area (Å²) >= 11 is 1.58. The number of rotatable bonds is 33. The summed E-state index contributed by atoms with van der Waals surface area (Å²) in [6, 6.07) is 1.48. The molecule has 7 amide bonds. The van der Waals surface area contributed by atoms with E-state index in [0.717, 1.165) is 15.6 Å². The van der Waals surface area contributed by atoms with Crippen molar-refractivity contribution in [3.8, 4) is 0 Å². The van der Waals surface area contributed by atoms with Gasteiger partial charge in [-0.2, -0.15) is 13.2 Å². The van der Waals surface area contributed by atoms with Gasteiger partial charge in [-0.1, -0.05) is 113 Å². The number of halogens is 3. The van der Waals surface area contributed by atoms with Crippen LogP contribution in [0.2, 0.25) is 0 Å². The van der Waals surface area contributed by atoms with Crippen LogP contribution in [0.5, 0.6) is 0 Å². The highest BCUT2D eigenvalue weighted by molar-refractivity contribution is 7.17. The standard InChI is InChI=1S/C63H95N7O15S.C2HF3O2/c1-12-33(6)44(29-46(73)45(21-22-51(64)77)65-58(80)40(30-71)27-48(75)52(34(7)13-2)66-57(79)39(16-5)26-42-32-86-50-20-18-17-19-43(42)50)60(82)67-53(35(8)14-3)49(76)28-41(31-72)59(81)68-55-38(11)85-61(83)54(36(9)15-4)69-62(84)63(23-24-63)70-56(78)37(10)25-47(55)74;3-2(4,5)1(6)7/h17-20,32-41,44-45,52-55,71-72H,12-16,21-31H2,1-11H3,(H2,64,77)(H,65,80)(H,66,79)(H,67,82)(H,68,81)(H,69,84)(H,70,78);(H,6,7)/t33-,34-,35-,36-,37+,38-,39+,40-,41-,44+,45+,52-,53-,54-,55+;/m0./s1. The number of nitrogens with two attached hydrogens (primary N) is 1. The number of ketones is 4. The minimum atomic E-state index is -5.08. The predicted octanol–water partition coefficient (Wildman–Crippen LogP) is 4.88. The van der Waals surface area contributed by atoms with Crippen LogP contribution in [0.3, 0.4) is 0 Å². The van der Waals surface area contributed by atoms with Crippen LogP contribution in [0.15, 0.2) is 29.6 Å². The van der Waals surface area contributed by atoms with E-state index in [-0.39, 0.29) is 24.7 Å². The number of cyclic esters (lactones) is 1. The fourth-order valence-corrected chi connectivity index (χ4v) is 11.7. The van der Waals surface area contributed by atoms with Crippen molar-refractivity contribution < 1.29 is 95.6 Å². The van der Waals surface area contributed by atoms with Crippen LogP contribution in [0.25, 0.3) is 10.1 Å². The van der Waals surface area contributed by atoms with Gasteiger partial charge in [0, 0.05) is 54.6 Å². The van der Waals surface area contributed by atoms with E-state index in [9.17, 15) is 80.9 Å². The van der Waals surface area contributed by atoms with E-state index in [4.69, 9.17) is 20.4 Å². The Bertz CT molecular complexity index is 2970. The number of amides is 7. The number of aliphatic carboxylic acids is 1. The SMILES string of the molecule is CC[C@H](Cc1csc2ccccc12)C(=O)N[C@H](C(=O)C[C@@H](CO)C(=O)N[C@H](CCC(N)=O)C(=O)C[C@@H](C(=O)N[C@H](C(=O)C[C@@H](CO)C(=O)N[C@H]1C(=O)C[C@@H](C)C(=O)NC2(CC2)C(=O)N[C@@H]([C@@H](C)CC)C(=O)O[C@H]1C)[C@@H](C)CC)[C@@H](C)CC)[C@@H](C)CC.O=C(O)C(F)(F)F. The summed E-state index contributed by atoms with van der Waals surface area (Å²) < 4.78 is 38.6. The third kappa shape index (κ3) is 23.3. The van der Waals surface area contributed by atoms with Crippen LogP contribution >= 0.6 is 11.3 Å². The fraction of sp³-hybridized carbons (Fsp3) is 0.677. The number of carbonyl (C=O) groups is 13. The predicted molar refractivity (Wildman–Crippen MR) is 337 cm³/mol. The number of aliphatic hydroxyl groups excluding tert-OH is 2. The van der Waals surface area contributed by atoms with Gasteiger partial charge < -0.3 is 57.7 Å². The molecule has 24 nitrogen and oxygen atoms in total. The molecule has 93 heavy (non-hydrogen) atoms. The number of hydrogen-bond acceptors (Lipinski definition) is 17. The quantitative estimate of drug-likeness (QED) is 0.0426. The Morgan fingerprint density at radius 1 is 0.720 bits per heavy atom. The van der Waals surface area contributed by atoms with E-state index in [0.29, 0.717) is 51.4 Å². The van der Waals surface area contributed by atoms with Crippen LogP contribution in [0.4, 0.5) is 13.2 Å². The normalized spacial score (nSPS) is 21.1. The number of carboxylic acid groups (broad SMARTS) is 1. The Labute approximate surface area is 544 Å². The van der Waals surface area contributed by atoms with Gasteiger partial charge in [-0.25, -0.2) is 9.59 Å². The largest absolute Gasteiger partial charge is 0.490 e. The molecule has 1 spiro atoms. The number of ether oxygens (including phenoxy) is 1. The molecule has 28 heteroatoms. The second-order valence-electron chi connectivity index (χ2n) is 25.0. The van der Waals surface area contributed by atoms with Gasteiger partial charge in [0.15, 0.2) is 23.1 Å². The molecule has 15 atom stereocenters. The van der Waals surface area contributed by atoms with Gasteiger partial charge in [0.05, 0.1) is 43.2 Å². The zero-order chi connectivity index (χ0) is 70.4. The van der Waals surface area contributed by atoms with Crippen molar-refractivity contribution >= 4 is 97.8 Å². The third-order valence-electron chi connectivity index (χ3n) is 18.1. The van der Waals surface area contributed by atoms with E-state index >= 15 is 0 Å². The number of esters is 1. The molecule has 1 saturated heterocycles. The van der Waals surface area contributed by atoms with Gasteiger partial charge in [-0.3, -0.25) is 52.7 Å². The average molecular weight is 1340 g/mol. The molecule has 1 saturated carbocycles. The maximum atomic E-state index is 14.5. The summed E-state index contributed by atoms with van der Waals surface area (Å²) in [4.78, 5) is 175. The Morgan fingerprint density at radius 3 is 1.74 bits per heavy atom. The summed E-state index contributed by atoms with van der Waals surface area (Å²) in [5.74, 6) is -18.3. The number of alkyl halides is 3. The lowest BCUT2D eigenvalue weighted by atomic mass is 9.83. The van der Waals surface area contributed by atoms with E-state index in [1.807, 2.05) is 43.5 Å². The molecule has 2 aliphatic rings. The minimum absolute atomic E-state index is 0.289. The molecular weight excluding hydrogens is 1240 g/mol. The van der Waals surface area contributed by atoms with Gasteiger partial charge >= 0.3 is 18.1 Å². The highest BCUT2D eigenvalue weighted by Crippen LogP contribution is 2.37. The van der Waals surface area contributed by atoms with Crippen molar-refractivity contribution in [2.75, 3.05) is 13.2 Å². The highest BCUT2D eigenvalue weighted by Gasteiger charge is 2.53. The Balaban J connectivity index is 0.00000304. The first kappa shape index (κ1) is 80.0. The highest BCUT2D eigenvalue weighted by atomic mass is 32.1. The van der Waals surface area contributed by atoms with Crippen LogP contribution in [0.1, 0.15) is 165 Å². The van der Waals surface area contributed by atoms with Crippen molar-refractivity contribution in [1.29, 1.82) is 0 Å². The second kappa shape index (κ2) is 37.0. The number of nitrogens with one attached hydrogen (secondary N) is 6. The number of benzene rings is 1. The van der Waals surface area contributed by atoms with Crippen molar-refractivity contribution in [3.05, 3.63) is 35.2 Å². The van der Waals surface area contributed by atoms with Crippen LogP contribution < -0.4 is 37.6 Å². The van der Waals surface area contributed by atoms with Gasteiger partial charge in [-0.15, -0.1) is 11.3 Å². The van der Waals surface area contributed by atoms with Crippen molar-refractivity contribution in [2.45, 2.75) is 214 Å². The lowest BCUT2D eigenvalue weighted by Gasteiger charge is -2.30. The number of carbonyl (C=O) groups excluding carboxylic acids is 12. The molecule has 520 valence electrons. The first-order valence-corrected chi connectivity index (χ1v) is 32.9. The van der Waals surface area contributed by atoms with Crippen molar-refractivity contribution in [2.24, 2.45) is 59.0 Å². The molecular formula is C65H96F3N7O17S. The summed E-state index contributed by atoms with van der Waals surface area (Å²) in [5.41, 5.74) is 5.27. The molecule has 2 aromatic rings. The summed E-state index contributed by atoms with van der Waals surface area (Å²) in [7, 11) is 0. The van der Waals surface area contributed by atoms with Gasteiger partial charge in [0.2, 0.25) is 41.4 Å². The molecule has 11 N–H and O–H groups in total. The summed E-state index contributed by atoms with van der Waals surface area (Å²) in [6.45, 7) is 17.2. The van der Waals surface area contributed by atoms with Gasteiger partial charge in [-0.05, 0) is 85.1 Å². The number of primary amides is 1. The number of thiophene rings is 1. The zero-order valence-electron chi connectivity index (χ0n) is 55.0. The second-order valence-corrected chi connectivity index (χ2v) is 26.0. The molecule has 4 rings (SSSR count). The van der Waals surface area contributed by atoms with Gasteiger partial charge in [0.25, 0.3) is 0 Å². The van der Waals surface area contributed by atoms with Crippen LogP contribution in [-0.2, 0) is 73.5 Å². The number of fused-ring (bicyclic) bond motifs is 1.